The second-order valence-corrected chi connectivity index (χ2v) is 4.77. The number of hydrogen-bond donors (Lipinski definition) is 1. The van der Waals surface area contributed by atoms with Gasteiger partial charge in [0.1, 0.15) is 12.0 Å². The molecule has 0 amide bonds. The summed E-state index contributed by atoms with van der Waals surface area (Å²) in [4.78, 5) is 23.5. The van der Waals surface area contributed by atoms with Crippen LogP contribution in [0.3, 0.4) is 0 Å². The molecule has 21 heavy (non-hydrogen) atoms. The quantitative estimate of drug-likeness (QED) is 0.670. The third-order valence-electron chi connectivity index (χ3n) is 3.24. The van der Waals surface area contributed by atoms with Gasteiger partial charge in [0, 0.05) is 12.2 Å². The lowest BCUT2D eigenvalue weighted by Crippen LogP contribution is -2.12. The Bertz CT molecular complexity index is 680. The van der Waals surface area contributed by atoms with Crippen molar-refractivity contribution in [2.24, 2.45) is 0 Å². The van der Waals surface area contributed by atoms with E-state index in [1.807, 2.05) is 20.8 Å². The van der Waals surface area contributed by atoms with E-state index in [0.29, 0.717) is 18.2 Å². The molecular weight excluding hydrogens is 272 g/mol. The second-order valence-electron chi connectivity index (χ2n) is 4.77. The first kappa shape index (κ1) is 14.9. The summed E-state index contributed by atoms with van der Waals surface area (Å²) in [6.07, 6.45) is 2.46. The van der Waals surface area contributed by atoms with E-state index in [1.54, 1.807) is 17.8 Å². The number of aromatic nitrogens is 4. The van der Waals surface area contributed by atoms with E-state index in [2.05, 4.69) is 20.3 Å². The van der Waals surface area contributed by atoms with Gasteiger partial charge in [0.15, 0.2) is 0 Å². The number of anilines is 1. The summed E-state index contributed by atoms with van der Waals surface area (Å²) in [5.41, 5.74) is 1.85. The van der Waals surface area contributed by atoms with Crippen LogP contribution in [-0.4, -0.2) is 31.0 Å². The molecule has 1 N–H and O–H groups in total. The van der Waals surface area contributed by atoms with Gasteiger partial charge < -0.3 is 5.32 Å². The molecule has 0 spiro atoms. The normalized spacial score (nSPS) is 10.7. The zero-order valence-electron chi connectivity index (χ0n) is 12.5. The van der Waals surface area contributed by atoms with Crippen molar-refractivity contribution in [2.75, 3.05) is 11.9 Å². The smallest absolute Gasteiger partial charge is 0.333 e. The van der Waals surface area contributed by atoms with Crippen molar-refractivity contribution in [3.05, 3.63) is 33.5 Å². The number of nitrogens with zero attached hydrogens (tertiary/aromatic N) is 5. The van der Waals surface area contributed by atoms with Crippen molar-refractivity contribution in [3.63, 3.8) is 0 Å². The molecule has 0 aliphatic carbocycles. The van der Waals surface area contributed by atoms with Gasteiger partial charge in [-0.1, -0.05) is 6.92 Å². The third kappa shape index (κ3) is 2.83. The van der Waals surface area contributed by atoms with Gasteiger partial charge >= 0.3 is 5.69 Å². The summed E-state index contributed by atoms with van der Waals surface area (Å²) in [6.45, 7) is 8.04. The van der Waals surface area contributed by atoms with Gasteiger partial charge in [-0.25, -0.2) is 9.97 Å². The van der Waals surface area contributed by atoms with Crippen LogP contribution in [0.5, 0.6) is 0 Å². The Labute approximate surface area is 122 Å². The van der Waals surface area contributed by atoms with Crippen LogP contribution >= 0.6 is 0 Å². The van der Waals surface area contributed by atoms with Crippen LogP contribution in [0.2, 0.25) is 0 Å². The lowest BCUT2D eigenvalue weighted by Gasteiger charge is -2.10. The molecule has 2 aromatic heterocycles. The topological polar surface area (TPSA) is 98.8 Å². The number of imidazole rings is 1. The molecule has 2 aromatic rings. The van der Waals surface area contributed by atoms with E-state index in [4.69, 9.17) is 0 Å². The molecule has 8 nitrogen and oxygen atoms in total. The molecule has 0 aliphatic rings. The van der Waals surface area contributed by atoms with Crippen LogP contribution < -0.4 is 5.32 Å². The maximum Gasteiger partial charge on any atom is 0.333 e. The largest absolute Gasteiger partial charge is 0.354 e. The first-order chi connectivity index (χ1) is 9.95. The highest BCUT2D eigenvalue weighted by molar-refractivity contribution is 5.54. The van der Waals surface area contributed by atoms with E-state index in [9.17, 15) is 10.1 Å². The molecule has 0 fully saturated rings. The highest BCUT2D eigenvalue weighted by Gasteiger charge is 2.24. The summed E-state index contributed by atoms with van der Waals surface area (Å²) >= 11 is 0. The van der Waals surface area contributed by atoms with E-state index < -0.39 is 4.92 Å². The number of hydrogen-bond acceptors (Lipinski definition) is 6. The van der Waals surface area contributed by atoms with Gasteiger partial charge in [-0.3, -0.25) is 14.7 Å². The first-order valence-corrected chi connectivity index (χ1v) is 6.73. The van der Waals surface area contributed by atoms with Crippen molar-refractivity contribution >= 4 is 11.6 Å². The number of nitro groups is 1. The maximum absolute atomic E-state index is 11.3. The predicted molar refractivity (Wildman–Crippen MR) is 78.8 cm³/mol. The molecule has 2 rings (SSSR count). The Balaban J connectivity index is 2.62. The second kappa shape index (κ2) is 5.86. The Morgan fingerprint density at radius 3 is 2.52 bits per heavy atom. The van der Waals surface area contributed by atoms with E-state index in [0.717, 1.165) is 17.8 Å². The molecule has 112 valence electrons. The highest BCUT2D eigenvalue weighted by Crippen LogP contribution is 2.26. The molecule has 0 aromatic carbocycles. The van der Waals surface area contributed by atoms with Crippen LogP contribution in [0.1, 0.15) is 30.4 Å². The number of rotatable bonds is 5. The fourth-order valence-electron chi connectivity index (χ4n) is 1.96. The van der Waals surface area contributed by atoms with Gasteiger partial charge in [0.2, 0.25) is 11.8 Å². The van der Waals surface area contributed by atoms with Crippen molar-refractivity contribution in [2.45, 2.75) is 34.1 Å². The molecule has 8 heteroatoms. The fourth-order valence-corrected chi connectivity index (χ4v) is 1.96. The average Bonchev–Trinajstić information content (AvgIpc) is 2.75. The van der Waals surface area contributed by atoms with E-state index in [-0.39, 0.29) is 11.5 Å². The van der Waals surface area contributed by atoms with Crippen molar-refractivity contribution in [1.29, 1.82) is 0 Å². The molecule has 0 atom stereocenters. The predicted octanol–water partition coefficient (Wildman–Crippen LogP) is 2.32. The number of nitrogens with one attached hydrogen (secondary N) is 1. The monoisotopic (exact) mass is 290 g/mol. The van der Waals surface area contributed by atoms with Gasteiger partial charge in [-0.2, -0.15) is 4.98 Å². The minimum atomic E-state index is -0.455. The lowest BCUT2D eigenvalue weighted by molar-refractivity contribution is -0.385. The molecule has 0 radical (unpaired) electrons. The van der Waals surface area contributed by atoms with E-state index >= 15 is 0 Å². The summed E-state index contributed by atoms with van der Waals surface area (Å²) < 4.78 is 1.62. The van der Waals surface area contributed by atoms with Crippen LogP contribution in [0.4, 0.5) is 11.6 Å². The summed E-state index contributed by atoms with van der Waals surface area (Å²) in [6, 6.07) is 0. The number of aryl methyl sites for hydroxylation is 2. The maximum atomic E-state index is 11.3. The molecule has 2 heterocycles. The minimum Gasteiger partial charge on any atom is -0.354 e. The Kier molecular flexibility index (Phi) is 4.15. The molecule has 0 bridgehead atoms. The molecule has 0 saturated heterocycles. The van der Waals surface area contributed by atoms with Crippen LogP contribution in [0.15, 0.2) is 6.33 Å². The van der Waals surface area contributed by atoms with Crippen molar-refractivity contribution < 1.29 is 4.92 Å². The Hall–Kier alpha value is -2.51. The van der Waals surface area contributed by atoms with E-state index in [1.165, 1.54) is 0 Å². The average molecular weight is 290 g/mol. The Morgan fingerprint density at radius 2 is 2.00 bits per heavy atom. The SMILES string of the molecule is CCCNc1nc(C)c([N+](=O)[O-])c(-n2cnc(C)c2C)n1. The molecular formula is C13H18N6O2. The zero-order valence-corrected chi connectivity index (χ0v) is 12.5. The standard InChI is InChI=1S/C13H18N6O2/c1-5-6-14-13-16-9(3)11(19(20)21)12(17-13)18-7-15-8(2)10(18)4/h7H,5-6H2,1-4H3,(H,14,16,17). The van der Waals surface area contributed by atoms with Gasteiger partial charge in [0.05, 0.1) is 10.6 Å². The zero-order chi connectivity index (χ0) is 15.6. The fraction of sp³-hybridized carbons (Fsp3) is 0.462. The summed E-state index contributed by atoms with van der Waals surface area (Å²) in [7, 11) is 0. The first-order valence-electron chi connectivity index (χ1n) is 6.73. The minimum absolute atomic E-state index is 0.0995. The Morgan fingerprint density at radius 1 is 1.29 bits per heavy atom. The lowest BCUT2D eigenvalue weighted by atomic mass is 10.3. The van der Waals surface area contributed by atoms with Gasteiger partial charge in [0.25, 0.3) is 0 Å². The van der Waals surface area contributed by atoms with Gasteiger partial charge in [-0.15, -0.1) is 0 Å². The van der Waals surface area contributed by atoms with Crippen LogP contribution in [0.25, 0.3) is 5.82 Å². The van der Waals surface area contributed by atoms with Crippen LogP contribution in [-0.2, 0) is 0 Å². The molecule has 0 unspecified atom stereocenters. The third-order valence-corrected chi connectivity index (χ3v) is 3.24. The van der Waals surface area contributed by atoms with Crippen LogP contribution in [0, 0.1) is 30.9 Å². The van der Waals surface area contributed by atoms with Crippen molar-refractivity contribution in [1.82, 2.24) is 19.5 Å². The highest BCUT2D eigenvalue weighted by atomic mass is 16.6. The van der Waals surface area contributed by atoms with Gasteiger partial charge in [-0.05, 0) is 27.2 Å². The molecule has 0 aliphatic heterocycles. The molecule has 0 saturated carbocycles. The summed E-state index contributed by atoms with van der Waals surface area (Å²) in [5.74, 6) is 0.630. The van der Waals surface area contributed by atoms with Crippen molar-refractivity contribution in [3.8, 4) is 5.82 Å². The summed E-state index contributed by atoms with van der Waals surface area (Å²) in [5, 5.41) is 14.4.